The van der Waals surface area contributed by atoms with Gasteiger partial charge in [-0.25, -0.2) is 0 Å². The Morgan fingerprint density at radius 2 is 2.00 bits per heavy atom. The molecule has 0 amide bonds. The van der Waals surface area contributed by atoms with E-state index in [1.807, 2.05) is 45.9 Å². The fraction of sp³-hybridized carbons (Fsp3) is 0.438. The first-order chi connectivity index (χ1) is 8.69. The first-order valence-corrected chi connectivity index (χ1v) is 6.73. The van der Waals surface area contributed by atoms with Crippen molar-refractivity contribution in [3.63, 3.8) is 0 Å². The zero-order valence-electron chi connectivity index (χ0n) is 12.0. The molecular weight excluding hydrogens is 260 g/mol. The smallest absolute Gasteiger partial charge is 0.306 e. The highest BCUT2D eigenvalue weighted by Crippen LogP contribution is 2.24. The van der Waals surface area contributed by atoms with Gasteiger partial charge in [-0.05, 0) is 56.9 Å². The van der Waals surface area contributed by atoms with Gasteiger partial charge in [0.2, 0.25) is 0 Å². The lowest BCUT2D eigenvalue weighted by atomic mass is 10.0. The van der Waals surface area contributed by atoms with Crippen molar-refractivity contribution in [2.24, 2.45) is 0 Å². The van der Waals surface area contributed by atoms with E-state index in [2.05, 4.69) is 6.58 Å². The van der Waals surface area contributed by atoms with Gasteiger partial charge in [0.05, 0.1) is 0 Å². The molecule has 0 radical (unpaired) electrons. The maximum absolute atomic E-state index is 11.6. The predicted octanol–water partition coefficient (Wildman–Crippen LogP) is 4.65. The molecule has 0 aromatic heterocycles. The molecule has 1 rings (SSSR count). The third-order valence-electron chi connectivity index (χ3n) is 2.53. The monoisotopic (exact) mass is 280 g/mol. The lowest BCUT2D eigenvalue weighted by Crippen LogP contribution is -2.24. The second kappa shape index (κ2) is 6.25. The van der Waals surface area contributed by atoms with Crippen molar-refractivity contribution in [1.29, 1.82) is 0 Å². The second-order valence-electron chi connectivity index (χ2n) is 5.68. The highest BCUT2D eigenvalue weighted by atomic mass is 35.5. The van der Waals surface area contributed by atoms with Crippen molar-refractivity contribution in [1.82, 2.24) is 0 Å². The molecule has 0 heterocycles. The summed E-state index contributed by atoms with van der Waals surface area (Å²) in [5.74, 6) is -0.187. The van der Waals surface area contributed by atoms with E-state index in [9.17, 15) is 4.79 Å². The van der Waals surface area contributed by atoms with E-state index < -0.39 is 5.60 Å². The third kappa shape index (κ3) is 5.48. The highest BCUT2D eigenvalue weighted by Gasteiger charge is 2.16. The van der Waals surface area contributed by atoms with Gasteiger partial charge in [0, 0.05) is 11.4 Å². The molecule has 0 saturated heterocycles. The average Bonchev–Trinajstić information content (AvgIpc) is 2.23. The first-order valence-electron chi connectivity index (χ1n) is 6.35. The van der Waals surface area contributed by atoms with Crippen molar-refractivity contribution < 1.29 is 9.53 Å². The molecule has 2 nitrogen and oxygen atoms in total. The summed E-state index contributed by atoms with van der Waals surface area (Å²) in [5.41, 5.74) is 2.48. The minimum absolute atomic E-state index is 0.187. The molecule has 0 aliphatic heterocycles. The number of carbonyl (C=O) groups excluding carboxylic acids is 1. The molecule has 0 aliphatic carbocycles. The number of carbonyl (C=O) groups is 1. The quantitative estimate of drug-likeness (QED) is 0.751. The molecule has 3 heteroatoms. The molecular formula is C16H21ClO2. The van der Waals surface area contributed by atoms with Crippen LogP contribution in [-0.2, 0) is 16.0 Å². The van der Waals surface area contributed by atoms with E-state index in [1.54, 1.807) is 0 Å². The second-order valence-corrected chi connectivity index (χ2v) is 6.09. The Hall–Kier alpha value is -1.28. The Bertz CT molecular complexity index is 484. The van der Waals surface area contributed by atoms with E-state index >= 15 is 0 Å². The van der Waals surface area contributed by atoms with Crippen LogP contribution in [0.3, 0.4) is 0 Å². The molecule has 0 fully saturated rings. The minimum Gasteiger partial charge on any atom is -0.460 e. The van der Waals surface area contributed by atoms with Gasteiger partial charge in [-0.2, -0.15) is 0 Å². The van der Waals surface area contributed by atoms with Gasteiger partial charge in [-0.3, -0.25) is 4.79 Å². The van der Waals surface area contributed by atoms with Crippen molar-refractivity contribution in [3.8, 4) is 0 Å². The van der Waals surface area contributed by atoms with Gasteiger partial charge in [0.15, 0.2) is 0 Å². The van der Waals surface area contributed by atoms with Crippen molar-refractivity contribution in [3.05, 3.63) is 40.9 Å². The summed E-state index contributed by atoms with van der Waals surface area (Å²) in [7, 11) is 0. The van der Waals surface area contributed by atoms with Crippen LogP contribution in [0.25, 0.3) is 5.57 Å². The molecule has 0 bridgehead atoms. The third-order valence-corrected chi connectivity index (χ3v) is 2.84. The van der Waals surface area contributed by atoms with Gasteiger partial charge in [-0.15, -0.1) is 0 Å². The standard InChI is InChI=1S/C16H21ClO2/c1-11(2)13-8-6-12(10-14(13)17)7-9-15(18)19-16(3,4)5/h6,8,10H,1,7,9H2,2-5H3. The van der Waals surface area contributed by atoms with Gasteiger partial charge in [0.25, 0.3) is 0 Å². The van der Waals surface area contributed by atoms with E-state index in [-0.39, 0.29) is 5.97 Å². The number of hydrogen-bond donors (Lipinski definition) is 0. The van der Waals surface area contributed by atoms with Crippen LogP contribution in [0.4, 0.5) is 0 Å². The predicted molar refractivity (Wildman–Crippen MR) is 80.3 cm³/mol. The van der Waals surface area contributed by atoms with Crippen LogP contribution in [0.2, 0.25) is 5.02 Å². The van der Waals surface area contributed by atoms with Crippen molar-refractivity contribution in [2.75, 3.05) is 0 Å². The van der Waals surface area contributed by atoms with Crippen LogP contribution in [0, 0.1) is 0 Å². The topological polar surface area (TPSA) is 26.3 Å². The molecule has 0 spiro atoms. The number of ether oxygens (including phenoxy) is 1. The summed E-state index contributed by atoms with van der Waals surface area (Å²) < 4.78 is 5.27. The lowest BCUT2D eigenvalue weighted by molar-refractivity contribution is -0.154. The first kappa shape index (κ1) is 15.8. The Labute approximate surface area is 120 Å². The van der Waals surface area contributed by atoms with Gasteiger partial charge in [-0.1, -0.05) is 30.3 Å². The minimum atomic E-state index is -0.432. The molecule has 1 aromatic carbocycles. The van der Waals surface area contributed by atoms with E-state index in [0.29, 0.717) is 17.9 Å². The van der Waals surface area contributed by atoms with Crippen molar-refractivity contribution in [2.45, 2.75) is 46.1 Å². The van der Waals surface area contributed by atoms with Crippen LogP contribution >= 0.6 is 11.6 Å². The number of benzene rings is 1. The molecule has 0 aliphatic rings. The summed E-state index contributed by atoms with van der Waals surface area (Å²) in [4.78, 5) is 11.6. The highest BCUT2D eigenvalue weighted by molar-refractivity contribution is 6.32. The summed E-state index contributed by atoms with van der Waals surface area (Å²) in [6.45, 7) is 11.4. The zero-order valence-corrected chi connectivity index (χ0v) is 12.8. The van der Waals surface area contributed by atoms with E-state index in [1.165, 1.54) is 0 Å². The number of hydrogen-bond acceptors (Lipinski definition) is 2. The number of halogens is 1. The van der Waals surface area contributed by atoms with Crippen LogP contribution in [-0.4, -0.2) is 11.6 Å². The zero-order chi connectivity index (χ0) is 14.6. The number of aryl methyl sites for hydroxylation is 1. The van der Waals surface area contributed by atoms with Crippen LogP contribution < -0.4 is 0 Å². The fourth-order valence-corrected chi connectivity index (χ4v) is 2.06. The number of allylic oxidation sites excluding steroid dienone is 1. The summed E-state index contributed by atoms with van der Waals surface area (Å²) in [6, 6.07) is 5.80. The molecule has 0 unspecified atom stereocenters. The van der Waals surface area contributed by atoms with Crippen LogP contribution in [0.15, 0.2) is 24.8 Å². The lowest BCUT2D eigenvalue weighted by Gasteiger charge is -2.19. The summed E-state index contributed by atoms with van der Waals surface area (Å²) in [6.07, 6.45) is 0.991. The van der Waals surface area contributed by atoms with E-state index in [0.717, 1.165) is 16.7 Å². The summed E-state index contributed by atoms with van der Waals surface area (Å²) in [5, 5.41) is 0.675. The SMILES string of the molecule is C=C(C)c1ccc(CCC(=O)OC(C)(C)C)cc1Cl. The molecule has 0 atom stereocenters. The number of rotatable bonds is 4. The molecule has 1 aromatic rings. The maximum atomic E-state index is 11.6. The normalized spacial score (nSPS) is 11.2. The Morgan fingerprint density at radius 1 is 1.37 bits per heavy atom. The maximum Gasteiger partial charge on any atom is 0.306 e. The molecule has 0 saturated carbocycles. The number of esters is 1. The summed E-state index contributed by atoms with van der Waals surface area (Å²) >= 11 is 6.17. The van der Waals surface area contributed by atoms with Gasteiger partial charge < -0.3 is 4.74 Å². The molecule has 19 heavy (non-hydrogen) atoms. The average molecular weight is 281 g/mol. The van der Waals surface area contributed by atoms with Gasteiger partial charge >= 0.3 is 5.97 Å². The Balaban J connectivity index is 2.62. The van der Waals surface area contributed by atoms with E-state index in [4.69, 9.17) is 16.3 Å². The molecule has 104 valence electrons. The largest absolute Gasteiger partial charge is 0.460 e. The Morgan fingerprint density at radius 3 is 2.47 bits per heavy atom. The molecule has 0 N–H and O–H groups in total. The van der Waals surface area contributed by atoms with Gasteiger partial charge in [0.1, 0.15) is 5.60 Å². The van der Waals surface area contributed by atoms with Crippen LogP contribution in [0.5, 0.6) is 0 Å². The Kier molecular flexibility index (Phi) is 5.19. The fourth-order valence-electron chi connectivity index (χ4n) is 1.70. The van der Waals surface area contributed by atoms with Crippen molar-refractivity contribution >= 4 is 23.1 Å². The van der Waals surface area contributed by atoms with Crippen LogP contribution in [0.1, 0.15) is 45.2 Å².